The normalized spacial score (nSPS) is 20.2. The number of halogens is 1. The van der Waals surface area contributed by atoms with Crippen LogP contribution in [0.4, 0.5) is 0 Å². The summed E-state index contributed by atoms with van der Waals surface area (Å²) in [6, 6.07) is 0.788. The third-order valence-electron chi connectivity index (χ3n) is 2.85. The van der Waals surface area contributed by atoms with Gasteiger partial charge in [0.25, 0.3) is 0 Å². The van der Waals surface area contributed by atoms with Crippen molar-refractivity contribution in [2.75, 3.05) is 27.2 Å². The monoisotopic (exact) mass is 328 g/mol. The Kier molecular flexibility index (Phi) is 6.84. The van der Waals surface area contributed by atoms with Gasteiger partial charge in [-0.25, -0.2) is 23.2 Å². The minimum atomic E-state index is -4.94. The van der Waals surface area contributed by atoms with Gasteiger partial charge >= 0.3 is 3.98 Å². The largest absolute Gasteiger partial charge is 0.313 e. The minimum absolute atomic E-state index is 0.788. The van der Waals surface area contributed by atoms with Crippen LogP contribution < -0.4 is 27.2 Å². The topological polar surface area (TPSA) is 98.5 Å². The van der Waals surface area contributed by atoms with E-state index in [1.807, 2.05) is 22.7 Å². The summed E-state index contributed by atoms with van der Waals surface area (Å²) < 4.78 is 38.0. The van der Waals surface area contributed by atoms with E-state index in [1.165, 1.54) is 29.9 Å². The highest BCUT2D eigenvalue weighted by Gasteiger charge is 2.23. The second-order valence-corrected chi connectivity index (χ2v) is 7.14. The summed E-state index contributed by atoms with van der Waals surface area (Å²) in [6.07, 6.45) is 2.61. The molecule has 1 fully saturated rings. The lowest BCUT2D eigenvalue weighted by Gasteiger charge is -2.26. The lowest BCUT2D eigenvalue weighted by atomic mass is 10.1. The van der Waals surface area contributed by atoms with Crippen molar-refractivity contribution in [3.63, 3.8) is 0 Å². The second-order valence-electron chi connectivity index (χ2n) is 4.33. The van der Waals surface area contributed by atoms with Crippen LogP contribution in [-0.4, -0.2) is 38.1 Å². The highest BCUT2D eigenvalue weighted by Crippen LogP contribution is 2.10. The smallest absolute Gasteiger partial charge is 0.306 e. The first-order valence-electron chi connectivity index (χ1n) is 5.66. The Hall–Kier alpha value is -0.0600. The molecule has 1 aromatic rings. The number of nitrogens with zero attached hydrogens (tertiary/aromatic N) is 2. The summed E-state index contributed by atoms with van der Waals surface area (Å²) in [7, 11) is -0.567. The average Bonchev–Trinajstić information content (AvgIpc) is 2.80. The van der Waals surface area contributed by atoms with Crippen LogP contribution in [0.25, 0.3) is 0 Å². The molecule has 0 aromatic carbocycles. The van der Waals surface area contributed by atoms with Gasteiger partial charge < -0.3 is 4.90 Å². The Morgan fingerprint density at radius 3 is 1.89 bits per heavy atom. The standard InChI is InChI=1S/C10H17N2S2.ClHO4/c1-11(2)9-3-5-12(6-4-9)10-13-7-8-14-10;2-1(3,4)5/h7-9H,3-6H2,1-2H3;(H,2,3,4,5)/q+1;/p-1. The molecule has 0 unspecified atom stereocenters. The maximum atomic E-state index is 8.49. The second kappa shape index (κ2) is 7.65. The maximum absolute atomic E-state index is 8.49. The number of rotatable bonds is 1. The lowest BCUT2D eigenvalue weighted by molar-refractivity contribution is -2.00. The summed E-state index contributed by atoms with van der Waals surface area (Å²) in [5.74, 6) is 0. The highest BCUT2D eigenvalue weighted by atomic mass is 35.7. The van der Waals surface area contributed by atoms with E-state index in [4.69, 9.17) is 18.6 Å². The molecule has 0 radical (unpaired) electrons. The molecule has 1 aliphatic heterocycles. The number of hydrogen-bond acceptors (Lipinski definition) is 7. The number of hydrogen-bond donors (Lipinski definition) is 0. The average molecular weight is 329 g/mol. The van der Waals surface area contributed by atoms with Crippen LogP contribution in [0.2, 0.25) is 0 Å². The Morgan fingerprint density at radius 1 is 1.11 bits per heavy atom. The molecule has 0 saturated carbocycles. The van der Waals surface area contributed by atoms with Gasteiger partial charge in [0.1, 0.15) is 13.1 Å². The van der Waals surface area contributed by atoms with Gasteiger partial charge in [0, 0.05) is 29.6 Å². The molecule has 0 spiro atoms. The zero-order chi connectivity index (χ0) is 14.5. The van der Waals surface area contributed by atoms with Gasteiger partial charge in [-0.2, -0.15) is 0 Å². The molecule has 0 atom stereocenters. The Morgan fingerprint density at radius 2 is 1.53 bits per heavy atom. The molecule has 110 valence electrons. The molecular formula is C10H17ClN2O4S2. The molecule has 0 bridgehead atoms. The van der Waals surface area contributed by atoms with E-state index in [2.05, 4.69) is 34.3 Å². The highest BCUT2D eigenvalue weighted by molar-refractivity contribution is 7.24. The summed E-state index contributed by atoms with van der Waals surface area (Å²) >= 11 is 3.74. The summed E-state index contributed by atoms with van der Waals surface area (Å²) in [5, 5.41) is 4.36. The van der Waals surface area contributed by atoms with Crippen LogP contribution in [0.1, 0.15) is 12.8 Å². The summed E-state index contributed by atoms with van der Waals surface area (Å²) in [5.41, 5.74) is 0. The van der Waals surface area contributed by atoms with Crippen molar-refractivity contribution in [3.05, 3.63) is 14.7 Å². The molecule has 1 aromatic heterocycles. The van der Waals surface area contributed by atoms with Gasteiger partial charge in [-0.05, 0) is 14.1 Å². The Balaban J connectivity index is 0.000000312. The fourth-order valence-corrected chi connectivity index (χ4v) is 3.81. The van der Waals surface area contributed by atoms with Crippen LogP contribution in [0.5, 0.6) is 0 Å². The van der Waals surface area contributed by atoms with Crippen molar-refractivity contribution in [1.29, 1.82) is 0 Å². The molecule has 0 aliphatic carbocycles. The minimum Gasteiger partial charge on any atom is -0.306 e. The van der Waals surface area contributed by atoms with E-state index in [-0.39, 0.29) is 0 Å². The zero-order valence-corrected chi connectivity index (χ0v) is 13.2. The molecule has 6 nitrogen and oxygen atoms in total. The molecule has 2 rings (SSSR count). The van der Waals surface area contributed by atoms with Crippen molar-refractivity contribution in [3.8, 4) is 0 Å². The third kappa shape index (κ3) is 7.33. The van der Waals surface area contributed by atoms with E-state index in [9.17, 15) is 0 Å². The Bertz CT molecular complexity index is 408. The molecule has 0 amide bonds. The zero-order valence-electron chi connectivity index (χ0n) is 10.8. The third-order valence-corrected chi connectivity index (χ3v) is 5.06. The molecule has 1 saturated heterocycles. The van der Waals surface area contributed by atoms with E-state index in [0.29, 0.717) is 0 Å². The SMILES string of the molecule is CN(C)C1CC[N+](=c2sccs2)CC1.[O-][Cl+3]([O-])([O-])[O-]. The van der Waals surface area contributed by atoms with Gasteiger partial charge in [0.2, 0.25) is 0 Å². The van der Waals surface area contributed by atoms with Gasteiger partial charge in [0.15, 0.2) is 0 Å². The number of piperidine rings is 1. The van der Waals surface area contributed by atoms with Gasteiger partial charge in [-0.3, -0.25) is 0 Å². The van der Waals surface area contributed by atoms with Gasteiger partial charge in [-0.15, -0.1) is 10.2 Å². The predicted octanol–water partition coefficient (Wildman–Crippen LogP) is -3.45. The summed E-state index contributed by atoms with van der Waals surface area (Å²) in [4.78, 5) is 2.36. The van der Waals surface area contributed by atoms with Crippen LogP contribution in [0.15, 0.2) is 10.8 Å². The van der Waals surface area contributed by atoms with Crippen molar-refractivity contribution in [2.24, 2.45) is 0 Å². The van der Waals surface area contributed by atoms with E-state index >= 15 is 0 Å². The van der Waals surface area contributed by atoms with Crippen molar-refractivity contribution < 1.29 is 28.9 Å². The first-order chi connectivity index (χ1) is 8.77. The summed E-state index contributed by atoms with van der Waals surface area (Å²) in [6.45, 7) is 2.44. The fraction of sp³-hybridized carbons (Fsp3) is 0.700. The lowest BCUT2D eigenvalue weighted by Crippen LogP contribution is -2.68. The quantitative estimate of drug-likeness (QED) is 0.499. The Labute approximate surface area is 122 Å². The molecule has 1 aliphatic rings. The first-order valence-corrected chi connectivity index (χ1v) is 8.65. The van der Waals surface area contributed by atoms with Gasteiger partial charge in [0.05, 0.1) is 0 Å². The molecule has 0 N–H and O–H groups in total. The predicted molar refractivity (Wildman–Crippen MR) is 63.9 cm³/mol. The van der Waals surface area contributed by atoms with Crippen LogP contribution in [-0.2, 0) is 0 Å². The van der Waals surface area contributed by atoms with Crippen molar-refractivity contribution in [1.82, 2.24) is 9.48 Å². The van der Waals surface area contributed by atoms with E-state index in [1.54, 1.807) is 0 Å². The first kappa shape index (κ1) is 17.0. The maximum Gasteiger partial charge on any atom is 0.313 e. The van der Waals surface area contributed by atoms with Gasteiger partial charge in [-0.1, -0.05) is 22.7 Å². The van der Waals surface area contributed by atoms with E-state index in [0.717, 1.165) is 6.04 Å². The molecular weight excluding hydrogens is 312 g/mol. The van der Waals surface area contributed by atoms with Crippen molar-refractivity contribution in [2.45, 2.75) is 18.9 Å². The van der Waals surface area contributed by atoms with Crippen LogP contribution >= 0.6 is 22.7 Å². The molecule has 19 heavy (non-hydrogen) atoms. The van der Waals surface area contributed by atoms with Crippen LogP contribution in [0, 0.1) is 10.2 Å². The fourth-order valence-electron chi connectivity index (χ4n) is 1.91. The molecule has 2 heterocycles. The molecule has 9 heteroatoms. The van der Waals surface area contributed by atoms with E-state index < -0.39 is 10.2 Å². The van der Waals surface area contributed by atoms with Crippen molar-refractivity contribution >= 4 is 22.7 Å². The van der Waals surface area contributed by atoms with Crippen LogP contribution in [0.3, 0.4) is 0 Å².